The van der Waals surface area contributed by atoms with Gasteiger partial charge >= 0.3 is 0 Å². The van der Waals surface area contributed by atoms with Crippen molar-refractivity contribution in [2.75, 3.05) is 20.2 Å². The van der Waals surface area contributed by atoms with Crippen molar-refractivity contribution in [3.8, 4) is 5.75 Å². The number of hydrogen-bond donors (Lipinski definition) is 2. The standard InChI is InChI=1S/C21H26N2O2/c1-25-20-10-6-5-9-18(20)15-21(24)22-19-11-13-23(14-12-19)16-17-7-3-2-4-8-17/h2-10,19H,11-16H2,1H3,(H,22,24)/p+1. The number of piperidine rings is 1. The quantitative estimate of drug-likeness (QED) is 0.840. The van der Waals surface area contributed by atoms with Crippen LogP contribution >= 0.6 is 0 Å². The van der Waals surface area contributed by atoms with E-state index in [4.69, 9.17) is 4.74 Å². The van der Waals surface area contributed by atoms with Crippen molar-refractivity contribution in [2.45, 2.75) is 31.8 Å². The molecule has 25 heavy (non-hydrogen) atoms. The molecule has 0 bridgehead atoms. The molecule has 1 amide bonds. The fraction of sp³-hybridized carbons (Fsp3) is 0.381. The summed E-state index contributed by atoms with van der Waals surface area (Å²) in [4.78, 5) is 13.9. The summed E-state index contributed by atoms with van der Waals surface area (Å²) < 4.78 is 5.32. The number of rotatable bonds is 6. The Kier molecular flexibility index (Phi) is 6.07. The highest BCUT2D eigenvalue weighted by Gasteiger charge is 2.23. The molecule has 0 radical (unpaired) electrons. The first-order valence-corrected chi connectivity index (χ1v) is 9.03. The topological polar surface area (TPSA) is 42.8 Å². The van der Waals surface area contributed by atoms with Crippen molar-refractivity contribution in [2.24, 2.45) is 0 Å². The van der Waals surface area contributed by atoms with Gasteiger partial charge in [0.25, 0.3) is 0 Å². The van der Waals surface area contributed by atoms with Gasteiger partial charge in [0.2, 0.25) is 5.91 Å². The Bertz CT molecular complexity index is 679. The van der Waals surface area contributed by atoms with Crippen LogP contribution in [0.1, 0.15) is 24.0 Å². The Hall–Kier alpha value is -2.33. The van der Waals surface area contributed by atoms with E-state index in [1.165, 1.54) is 5.56 Å². The number of likely N-dealkylation sites (tertiary alicyclic amines) is 1. The van der Waals surface area contributed by atoms with Crippen LogP contribution in [0.25, 0.3) is 0 Å². The molecule has 2 N–H and O–H groups in total. The smallest absolute Gasteiger partial charge is 0.224 e. The Morgan fingerprint density at radius 1 is 1.08 bits per heavy atom. The maximum absolute atomic E-state index is 12.3. The summed E-state index contributed by atoms with van der Waals surface area (Å²) in [6, 6.07) is 18.6. The van der Waals surface area contributed by atoms with E-state index in [2.05, 4.69) is 35.6 Å². The summed E-state index contributed by atoms with van der Waals surface area (Å²) in [7, 11) is 1.64. The first kappa shape index (κ1) is 17.5. The number of para-hydroxylation sites is 1. The van der Waals surface area contributed by atoms with Gasteiger partial charge in [0.15, 0.2) is 0 Å². The predicted octanol–water partition coefficient (Wildman–Crippen LogP) is 1.60. The number of hydrogen-bond acceptors (Lipinski definition) is 2. The molecule has 1 aliphatic rings. The number of quaternary nitrogens is 1. The van der Waals surface area contributed by atoms with Gasteiger partial charge in [0.1, 0.15) is 12.3 Å². The fourth-order valence-electron chi connectivity index (χ4n) is 3.53. The lowest BCUT2D eigenvalue weighted by Crippen LogP contribution is -3.12. The minimum atomic E-state index is 0.0843. The van der Waals surface area contributed by atoms with Crippen molar-refractivity contribution >= 4 is 5.91 Å². The Morgan fingerprint density at radius 2 is 1.76 bits per heavy atom. The summed E-state index contributed by atoms with van der Waals surface area (Å²) in [5.41, 5.74) is 2.32. The van der Waals surface area contributed by atoms with Crippen LogP contribution in [0.15, 0.2) is 54.6 Å². The average molecular weight is 339 g/mol. The SMILES string of the molecule is COc1ccccc1CC(=O)NC1CC[NH+](Cc2ccccc2)CC1. The monoisotopic (exact) mass is 339 g/mol. The largest absolute Gasteiger partial charge is 0.496 e. The number of benzene rings is 2. The van der Waals surface area contributed by atoms with Crippen molar-refractivity contribution in [3.63, 3.8) is 0 Å². The zero-order valence-electron chi connectivity index (χ0n) is 14.8. The molecule has 1 saturated heterocycles. The number of carbonyl (C=O) groups is 1. The van der Waals surface area contributed by atoms with E-state index in [1.807, 2.05) is 24.3 Å². The third-order valence-electron chi connectivity index (χ3n) is 4.90. The van der Waals surface area contributed by atoms with Crippen molar-refractivity contribution in [3.05, 3.63) is 65.7 Å². The molecule has 2 aromatic rings. The van der Waals surface area contributed by atoms with Gasteiger partial charge in [-0.2, -0.15) is 0 Å². The molecule has 1 heterocycles. The number of amides is 1. The summed E-state index contributed by atoms with van der Waals surface area (Å²) in [6.07, 6.45) is 2.46. The van der Waals surface area contributed by atoms with Gasteiger partial charge in [-0.05, 0) is 6.07 Å². The Morgan fingerprint density at radius 3 is 2.48 bits per heavy atom. The van der Waals surface area contributed by atoms with Gasteiger partial charge in [-0.3, -0.25) is 4.79 Å². The van der Waals surface area contributed by atoms with Crippen LogP contribution < -0.4 is 15.0 Å². The second-order valence-corrected chi connectivity index (χ2v) is 6.74. The summed E-state index contributed by atoms with van der Waals surface area (Å²) >= 11 is 0. The highest BCUT2D eigenvalue weighted by Crippen LogP contribution is 2.17. The molecule has 132 valence electrons. The lowest BCUT2D eigenvalue weighted by atomic mass is 10.0. The maximum atomic E-state index is 12.3. The van der Waals surface area contributed by atoms with Gasteiger partial charge in [-0.1, -0.05) is 48.5 Å². The van der Waals surface area contributed by atoms with Crippen LogP contribution in [0.2, 0.25) is 0 Å². The molecule has 0 aromatic heterocycles. The number of ether oxygens (including phenoxy) is 1. The first-order chi connectivity index (χ1) is 12.2. The number of carbonyl (C=O) groups excluding carboxylic acids is 1. The molecule has 4 heteroatoms. The van der Waals surface area contributed by atoms with E-state index < -0.39 is 0 Å². The number of nitrogens with one attached hydrogen (secondary N) is 2. The predicted molar refractivity (Wildman–Crippen MR) is 98.7 cm³/mol. The van der Waals surface area contributed by atoms with Crippen molar-refractivity contribution in [1.29, 1.82) is 0 Å². The molecule has 3 rings (SSSR count). The van der Waals surface area contributed by atoms with E-state index in [0.29, 0.717) is 12.5 Å². The molecule has 0 atom stereocenters. The normalized spacial score (nSPS) is 20.0. The van der Waals surface area contributed by atoms with Crippen LogP contribution in [-0.4, -0.2) is 32.1 Å². The van der Waals surface area contributed by atoms with Gasteiger partial charge in [-0.25, -0.2) is 0 Å². The summed E-state index contributed by atoms with van der Waals surface area (Å²) in [6.45, 7) is 3.28. The van der Waals surface area contributed by atoms with E-state index >= 15 is 0 Å². The molecule has 0 saturated carbocycles. The van der Waals surface area contributed by atoms with Crippen LogP contribution in [0.4, 0.5) is 0 Å². The Labute approximate surface area is 149 Å². The summed E-state index contributed by atoms with van der Waals surface area (Å²) in [5, 5.41) is 3.20. The molecular formula is C21H27N2O2+. The average Bonchev–Trinajstić information content (AvgIpc) is 2.64. The van der Waals surface area contributed by atoms with Crippen LogP contribution in [0.3, 0.4) is 0 Å². The lowest BCUT2D eigenvalue weighted by Gasteiger charge is -2.30. The van der Waals surface area contributed by atoms with E-state index in [9.17, 15) is 4.79 Å². The Balaban J connectivity index is 1.45. The molecule has 0 aliphatic carbocycles. The maximum Gasteiger partial charge on any atom is 0.224 e. The van der Waals surface area contributed by atoms with Gasteiger partial charge in [-0.15, -0.1) is 0 Å². The molecule has 1 aliphatic heterocycles. The second kappa shape index (κ2) is 8.67. The van der Waals surface area contributed by atoms with Gasteiger partial charge in [0, 0.05) is 30.0 Å². The van der Waals surface area contributed by atoms with Crippen molar-refractivity contribution < 1.29 is 14.4 Å². The van der Waals surface area contributed by atoms with Gasteiger partial charge in [0.05, 0.1) is 26.6 Å². The van der Waals surface area contributed by atoms with Crippen LogP contribution in [-0.2, 0) is 17.8 Å². The molecule has 4 nitrogen and oxygen atoms in total. The summed E-state index contributed by atoms with van der Waals surface area (Å²) in [5.74, 6) is 0.862. The van der Waals surface area contributed by atoms with E-state index in [1.54, 1.807) is 12.0 Å². The minimum Gasteiger partial charge on any atom is -0.496 e. The van der Waals surface area contributed by atoms with Crippen LogP contribution in [0.5, 0.6) is 5.75 Å². The zero-order valence-corrected chi connectivity index (χ0v) is 14.8. The van der Waals surface area contributed by atoms with Gasteiger partial charge < -0.3 is 15.0 Å². The van der Waals surface area contributed by atoms with Crippen LogP contribution in [0, 0.1) is 0 Å². The second-order valence-electron chi connectivity index (χ2n) is 6.74. The van der Waals surface area contributed by atoms with E-state index in [-0.39, 0.29) is 5.91 Å². The molecule has 1 fully saturated rings. The first-order valence-electron chi connectivity index (χ1n) is 9.03. The molecule has 0 spiro atoms. The van der Waals surface area contributed by atoms with E-state index in [0.717, 1.165) is 43.8 Å². The zero-order chi connectivity index (χ0) is 17.5. The highest BCUT2D eigenvalue weighted by molar-refractivity contribution is 5.79. The highest BCUT2D eigenvalue weighted by atomic mass is 16.5. The third kappa shape index (κ3) is 5.07. The molecule has 0 unspecified atom stereocenters. The third-order valence-corrected chi connectivity index (χ3v) is 4.90. The number of methoxy groups -OCH3 is 1. The molecular weight excluding hydrogens is 312 g/mol. The lowest BCUT2D eigenvalue weighted by molar-refractivity contribution is -0.918. The molecule has 2 aromatic carbocycles. The fourth-order valence-corrected chi connectivity index (χ4v) is 3.53. The minimum absolute atomic E-state index is 0.0843. The van der Waals surface area contributed by atoms with Crippen molar-refractivity contribution in [1.82, 2.24) is 5.32 Å².